The van der Waals surface area contributed by atoms with Crippen molar-refractivity contribution in [3.63, 3.8) is 0 Å². The number of allylic oxidation sites excluding steroid dienone is 1. The first-order chi connectivity index (χ1) is 4.88. The molecule has 1 heteroatoms. The molecule has 1 aliphatic carbocycles. The summed E-state index contributed by atoms with van der Waals surface area (Å²) in [5, 5.41) is 2.19. The molecule has 1 aromatic heterocycles. The van der Waals surface area contributed by atoms with Crippen LogP contribution in [-0.2, 0) is 6.42 Å². The van der Waals surface area contributed by atoms with Crippen LogP contribution in [0.1, 0.15) is 22.4 Å². The third kappa shape index (κ3) is 0.816. The lowest BCUT2D eigenvalue weighted by atomic mass is 10.0. The lowest BCUT2D eigenvalue weighted by Gasteiger charge is -2.04. The van der Waals surface area contributed by atoms with E-state index in [1.807, 2.05) is 0 Å². The highest BCUT2D eigenvalue weighted by Gasteiger charge is 2.07. The highest BCUT2D eigenvalue weighted by atomic mass is 32.1. The molecule has 0 fully saturated rings. The Kier molecular flexibility index (Phi) is 1.38. The molecular weight excluding hydrogens is 140 g/mol. The number of hydrogen-bond donors (Lipinski definition) is 0. The molecule has 0 aliphatic heterocycles. The molecule has 0 aromatic carbocycles. The predicted molar refractivity (Wildman–Crippen MR) is 46.1 cm³/mol. The molecule has 0 nitrogen and oxygen atoms in total. The molecule has 1 radical (unpaired) electrons. The van der Waals surface area contributed by atoms with Gasteiger partial charge in [0.05, 0.1) is 0 Å². The van der Waals surface area contributed by atoms with Crippen LogP contribution in [-0.4, -0.2) is 0 Å². The second kappa shape index (κ2) is 2.24. The van der Waals surface area contributed by atoms with E-state index >= 15 is 0 Å². The van der Waals surface area contributed by atoms with Crippen LogP contribution >= 0.6 is 11.3 Å². The van der Waals surface area contributed by atoms with Gasteiger partial charge in [-0.15, -0.1) is 11.3 Å². The topological polar surface area (TPSA) is 0 Å². The quantitative estimate of drug-likeness (QED) is 0.532. The first kappa shape index (κ1) is 6.17. The smallest absolute Gasteiger partial charge is 0.00871 e. The second-order valence-corrected chi connectivity index (χ2v) is 3.50. The van der Waals surface area contributed by atoms with Crippen molar-refractivity contribution in [3.8, 4) is 0 Å². The Hall–Kier alpha value is -0.560. The number of rotatable bonds is 0. The minimum Gasteiger partial charge on any atom is -0.148 e. The van der Waals surface area contributed by atoms with E-state index in [0.717, 1.165) is 0 Å². The Labute approximate surface area is 65.2 Å². The summed E-state index contributed by atoms with van der Waals surface area (Å²) in [5.74, 6) is 0. The molecule has 1 heterocycles. The summed E-state index contributed by atoms with van der Waals surface area (Å²) in [4.78, 5) is 1.25. The van der Waals surface area contributed by atoms with Crippen molar-refractivity contribution in [2.45, 2.75) is 12.8 Å². The van der Waals surface area contributed by atoms with Gasteiger partial charge in [0.1, 0.15) is 0 Å². The van der Waals surface area contributed by atoms with Gasteiger partial charge in [-0.1, -0.05) is 12.2 Å². The molecule has 10 heavy (non-hydrogen) atoms. The zero-order chi connectivity index (χ0) is 6.97. The van der Waals surface area contributed by atoms with Crippen LogP contribution in [0.5, 0.6) is 0 Å². The van der Waals surface area contributed by atoms with E-state index < -0.39 is 0 Å². The van der Waals surface area contributed by atoms with Crippen LogP contribution in [0.3, 0.4) is 0 Å². The van der Waals surface area contributed by atoms with Gasteiger partial charge in [0.25, 0.3) is 0 Å². The molecule has 0 bridgehead atoms. The van der Waals surface area contributed by atoms with Crippen molar-refractivity contribution in [3.05, 3.63) is 34.4 Å². The Morgan fingerprint density at radius 3 is 3.20 bits per heavy atom. The monoisotopic (exact) mass is 149 g/mol. The summed E-state index contributed by atoms with van der Waals surface area (Å²) in [6.07, 6.45) is 6.80. The Bertz CT molecular complexity index is 268. The summed E-state index contributed by atoms with van der Waals surface area (Å²) in [7, 11) is 0. The largest absolute Gasteiger partial charge is 0.148 e. The first-order valence-electron chi connectivity index (χ1n) is 3.47. The molecule has 0 N–H and O–H groups in total. The number of hydrogen-bond acceptors (Lipinski definition) is 1. The van der Waals surface area contributed by atoms with Crippen molar-refractivity contribution in [1.29, 1.82) is 0 Å². The maximum atomic E-state index is 3.98. The highest BCUT2D eigenvalue weighted by Crippen LogP contribution is 2.27. The van der Waals surface area contributed by atoms with Crippen molar-refractivity contribution >= 4 is 17.4 Å². The zero-order valence-electron chi connectivity index (χ0n) is 5.76. The zero-order valence-corrected chi connectivity index (χ0v) is 6.58. The van der Waals surface area contributed by atoms with Gasteiger partial charge in [0, 0.05) is 4.88 Å². The van der Waals surface area contributed by atoms with E-state index in [1.165, 1.54) is 28.8 Å². The number of fused-ring (bicyclic) bond motifs is 1. The first-order valence-corrected chi connectivity index (χ1v) is 4.35. The molecule has 0 atom stereocenters. The van der Waals surface area contributed by atoms with Crippen molar-refractivity contribution in [2.75, 3.05) is 0 Å². The third-order valence-corrected chi connectivity index (χ3v) is 2.77. The Morgan fingerprint density at radius 2 is 2.40 bits per heavy atom. The van der Waals surface area contributed by atoms with Gasteiger partial charge in [0.2, 0.25) is 0 Å². The predicted octanol–water partition coefficient (Wildman–Crippen LogP) is 2.89. The maximum Gasteiger partial charge on any atom is 0.00871 e. The summed E-state index contributed by atoms with van der Waals surface area (Å²) >= 11 is 1.76. The van der Waals surface area contributed by atoms with E-state index in [1.54, 1.807) is 11.3 Å². The molecule has 0 amide bonds. The summed E-state index contributed by atoms with van der Waals surface area (Å²) in [6, 6.07) is 0. The second-order valence-electron chi connectivity index (χ2n) is 2.53. The molecule has 0 saturated heterocycles. The Morgan fingerprint density at radius 1 is 1.50 bits per heavy atom. The molecule has 0 saturated carbocycles. The van der Waals surface area contributed by atoms with Crippen molar-refractivity contribution in [1.82, 2.24) is 0 Å². The molecule has 0 unspecified atom stereocenters. The molecule has 2 rings (SSSR count). The fourth-order valence-electron chi connectivity index (χ4n) is 1.30. The standard InChI is InChI=1S/C9H9S/c1-7-9-5-3-2-4-8(9)6-10-7/h2,4,6H,1,3,5H2. The van der Waals surface area contributed by atoms with E-state index in [0.29, 0.717) is 0 Å². The van der Waals surface area contributed by atoms with Crippen molar-refractivity contribution < 1.29 is 0 Å². The molecule has 51 valence electrons. The number of thiophene rings is 1. The molecule has 1 aliphatic rings. The normalized spacial score (nSPS) is 15.3. The van der Waals surface area contributed by atoms with Gasteiger partial charge >= 0.3 is 0 Å². The van der Waals surface area contributed by atoms with Gasteiger partial charge in [-0.2, -0.15) is 0 Å². The minimum atomic E-state index is 1.19. The van der Waals surface area contributed by atoms with E-state index in [-0.39, 0.29) is 0 Å². The van der Waals surface area contributed by atoms with Gasteiger partial charge in [0.15, 0.2) is 0 Å². The highest BCUT2D eigenvalue weighted by molar-refractivity contribution is 7.10. The van der Waals surface area contributed by atoms with Gasteiger partial charge in [-0.3, -0.25) is 0 Å². The van der Waals surface area contributed by atoms with E-state index in [2.05, 4.69) is 24.5 Å². The van der Waals surface area contributed by atoms with Crippen LogP contribution < -0.4 is 0 Å². The molecular formula is C9H9S. The van der Waals surface area contributed by atoms with Crippen LogP contribution in [0.4, 0.5) is 0 Å². The molecule has 1 aromatic rings. The SMILES string of the molecule is [CH2]c1scc2c1CCC=C2. The fraction of sp³-hybridized carbons (Fsp3) is 0.222. The Balaban J connectivity index is 2.57. The average molecular weight is 149 g/mol. The fourth-order valence-corrected chi connectivity index (χ4v) is 2.15. The minimum absolute atomic E-state index is 1.19. The van der Waals surface area contributed by atoms with Crippen LogP contribution in [0.15, 0.2) is 11.5 Å². The van der Waals surface area contributed by atoms with E-state index in [9.17, 15) is 0 Å². The van der Waals surface area contributed by atoms with E-state index in [4.69, 9.17) is 0 Å². The van der Waals surface area contributed by atoms with Gasteiger partial charge in [-0.25, -0.2) is 0 Å². The average Bonchev–Trinajstić information content (AvgIpc) is 2.34. The van der Waals surface area contributed by atoms with Crippen LogP contribution in [0.25, 0.3) is 6.08 Å². The van der Waals surface area contributed by atoms with Gasteiger partial charge < -0.3 is 0 Å². The lowest BCUT2D eigenvalue weighted by molar-refractivity contribution is 0.989. The summed E-state index contributed by atoms with van der Waals surface area (Å²) in [5.41, 5.74) is 2.86. The van der Waals surface area contributed by atoms with Gasteiger partial charge in [-0.05, 0) is 36.3 Å². The maximum absolute atomic E-state index is 3.98. The lowest BCUT2D eigenvalue weighted by Crippen LogP contribution is -1.90. The summed E-state index contributed by atoms with van der Waals surface area (Å²) < 4.78 is 0. The third-order valence-electron chi connectivity index (χ3n) is 1.87. The van der Waals surface area contributed by atoms with Crippen LogP contribution in [0, 0.1) is 6.92 Å². The molecule has 0 spiro atoms. The van der Waals surface area contributed by atoms with Crippen LogP contribution in [0.2, 0.25) is 0 Å². The summed E-state index contributed by atoms with van der Waals surface area (Å²) in [6.45, 7) is 3.98. The van der Waals surface area contributed by atoms with Crippen molar-refractivity contribution in [2.24, 2.45) is 0 Å².